The van der Waals surface area contributed by atoms with Crippen molar-refractivity contribution in [1.29, 1.82) is 0 Å². The number of allylic oxidation sites excluding steroid dienone is 2. The minimum Gasteiger partial charge on any atom is -0.503 e. The topological polar surface area (TPSA) is 190 Å². The lowest BCUT2D eigenvalue weighted by Crippen LogP contribution is -2.53. The molecule has 4 heterocycles. The van der Waals surface area contributed by atoms with Gasteiger partial charge in [-0.3, -0.25) is 19.8 Å². The molecule has 1 saturated heterocycles. The number of nitrogens with zero attached hydrogens (tertiary/aromatic N) is 6. The first kappa shape index (κ1) is 45.1. The number of amides is 2. The van der Waals surface area contributed by atoms with Crippen LogP contribution in [0.4, 0.5) is 5.69 Å². The minimum absolute atomic E-state index is 0.0611. The average molecular weight is 1070 g/mol. The van der Waals surface area contributed by atoms with Crippen LogP contribution in [0.15, 0.2) is 95.6 Å². The third kappa shape index (κ3) is 6.75. The van der Waals surface area contributed by atoms with Gasteiger partial charge in [-0.1, -0.05) is 41.4 Å². The number of phenols is 1. The first-order valence-electron chi connectivity index (χ1n) is 20.3. The third-order valence-corrected chi connectivity index (χ3v) is 15.6. The molecule has 2 fully saturated rings. The van der Waals surface area contributed by atoms with Crippen LogP contribution in [0.5, 0.6) is 28.7 Å². The van der Waals surface area contributed by atoms with E-state index >= 15 is 9.59 Å². The molecule has 21 heteroatoms. The van der Waals surface area contributed by atoms with E-state index in [9.17, 15) is 19.5 Å². The highest BCUT2D eigenvalue weighted by Crippen LogP contribution is 2.64. The van der Waals surface area contributed by atoms with Gasteiger partial charge in [0.1, 0.15) is 11.4 Å². The van der Waals surface area contributed by atoms with E-state index in [1.54, 1.807) is 67.7 Å². The van der Waals surface area contributed by atoms with Gasteiger partial charge in [-0.05, 0) is 91.4 Å². The zero-order chi connectivity index (χ0) is 47.1. The lowest BCUT2D eigenvalue weighted by molar-refractivity contribution is -0.138. The highest BCUT2D eigenvalue weighted by molar-refractivity contribution is 9.13. The predicted octanol–water partition coefficient (Wildman–Crippen LogP) is 6.49. The molecule has 66 heavy (non-hydrogen) atoms. The van der Waals surface area contributed by atoms with E-state index in [0.29, 0.717) is 54.5 Å². The van der Waals surface area contributed by atoms with Crippen molar-refractivity contribution in [3.63, 3.8) is 0 Å². The molecule has 2 aliphatic heterocycles. The molecular formula is C45H39Br2Cl2N7O10. The van der Waals surface area contributed by atoms with Gasteiger partial charge in [0.15, 0.2) is 23.0 Å². The number of ether oxygens (including phenoxy) is 4. The summed E-state index contributed by atoms with van der Waals surface area (Å²) in [4.78, 5) is 78.3. The Morgan fingerprint density at radius 3 is 2.23 bits per heavy atom. The fourth-order valence-corrected chi connectivity index (χ4v) is 11.2. The lowest BCUT2D eigenvalue weighted by Gasteiger charge is -2.49. The first-order valence-corrected chi connectivity index (χ1v) is 22.7. The average Bonchev–Trinajstić information content (AvgIpc) is 3.69. The van der Waals surface area contributed by atoms with Crippen LogP contribution in [0.25, 0.3) is 11.0 Å². The summed E-state index contributed by atoms with van der Waals surface area (Å²) in [5.41, 5.74) is 2.16. The van der Waals surface area contributed by atoms with Crippen LogP contribution in [0, 0.1) is 5.92 Å². The molecule has 6 aromatic rings. The number of imide groups is 1. The summed E-state index contributed by atoms with van der Waals surface area (Å²) < 4.78 is 27.7. The summed E-state index contributed by atoms with van der Waals surface area (Å²) in [6, 6.07) is 15.3. The number of rotatable bonds is 11. The van der Waals surface area contributed by atoms with E-state index in [2.05, 4.69) is 42.3 Å². The van der Waals surface area contributed by atoms with Crippen molar-refractivity contribution in [2.75, 3.05) is 33.9 Å². The largest absolute Gasteiger partial charge is 0.503 e. The van der Waals surface area contributed by atoms with Gasteiger partial charge in [0.05, 0.1) is 78.6 Å². The molecule has 0 bridgehead atoms. The van der Waals surface area contributed by atoms with Crippen LogP contribution in [-0.4, -0.2) is 73.9 Å². The van der Waals surface area contributed by atoms with Crippen molar-refractivity contribution in [3.05, 3.63) is 139 Å². The van der Waals surface area contributed by atoms with Crippen LogP contribution in [-0.2, 0) is 41.6 Å². The standard InChI is InChI=1S/C45H39Br2Cl2N7O10/c1-52-32-20-34(65-4)33(64-3)19-30(32)50-29(41(52)59)13-14-53-43(61)54-15-12-24-31(56(54)44(53)62)18-26-40(58)55(51-28-11-8-22(48)16-27(28)49)42(60)45(26,21-6-9-23(63-2)10-7-21)36(24)25-17-35(66-5)39(57)38(47)37(25)46/h6-12,16-17,19-20,26,31,36,51,57H,13-15,18H2,1-5H3/t26-,31+,36+,45+/m0/s1. The number of methoxy groups -OCH3 is 4. The number of hydrogen-bond acceptors (Lipinski definition) is 12. The number of phenolic OH excluding ortho intramolecular Hbond substituents is 1. The van der Waals surface area contributed by atoms with Crippen molar-refractivity contribution in [2.24, 2.45) is 13.0 Å². The Hall–Kier alpha value is -6.02. The number of aromatic hydroxyl groups is 1. The van der Waals surface area contributed by atoms with E-state index in [1.807, 2.05) is 0 Å². The molecule has 0 radical (unpaired) electrons. The second kappa shape index (κ2) is 17.0. The minimum atomic E-state index is -1.73. The molecule has 3 aliphatic rings. The van der Waals surface area contributed by atoms with Gasteiger partial charge in [0.25, 0.3) is 17.4 Å². The highest BCUT2D eigenvalue weighted by atomic mass is 79.9. The summed E-state index contributed by atoms with van der Waals surface area (Å²) in [6.45, 7) is -0.302. The number of fused-ring (bicyclic) bond motifs is 5. The summed E-state index contributed by atoms with van der Waals surface area (Å²) in [5.74, 6) is -2.36. The van der Waals surface area contributed by atoms with Crippen LogP contribution in [0.1, 0.15) is 35.2 Å². The normalized spacial score (nSPS) is 19.9. The molecule has 1 saturated carbocycles. The van der Waals surface area contributed by atoms with Crippen molar-refractivity contribution < 1.29 is 33.6 Å². The number of halogens is 4. The van der Waals surface area contributed by atoms with Gasteiger partial charge in [-0.15, -0.1) is 0 Å². The number of anilines is 1. The van der Waals surface area contributed by atoms with Crippen molar-refractivity contribution in [2.45, 2.75) is 43.3 Å². The maximum atomic E-state index is 15.7. The maximum absolute atomic E-state index is 15.7. The Balaban J connectivity index is 1.21. The van der Waals surface area contributed by atoms with Gasteiger partial charge in [-0.25, -0.2) is 28.5 Å². The fraction of sp³-hybridized carbons (Fsp3) is 0.289. The summed E-state index contributed by atoms with van der Waals surface area (Å²) in [6.07, 6.45) is 1.61. The second-order valence-electron chi connectivity index (χ2n) is 15.9. The smallest absolute Gasteiger partial charge is 0.347 e. The van der Waals surface area contributed by atoms with Gasteiger partial charge in [0.2, 0.25) is 0 Å². The Kier molecular flexibility index (Phi) is 11.6. The number of benzene rings is 4. The number of nitrogens with one attached hydrogen (secondary N) is 1. The van der Waals surface area contributed by atoms with Crippen LogP contribution in [0.2, 0.25) is 10.0 Å². The number of carbonyl (C=O) groups excluding carboxylic acids is 2. The predicted molar refractivity (Wildman–Crippen MR) is 251 cm³/mol. The Bertz CT molecular complexity index is 3260. The molecule has 342 valence electrons. The first-order chi connectivity index (χ1) is 31.6. The molecule has 4 aromatic carbocycles. The number of hydrazine groups is 1. The van der Waals surface area contributed by atoms with E-state index in [-0.39, 0.29) is 58.3 Å². The Morgan fingerprint density at radius 2 is 1.56 bits per heavy atom. The van der Waals surface area contributed by atoms with Crippen LogP contribution in [0.3, 0.4) is 0 Å². The van der Waals surface area contributed by atoms with Crippen LogP contribution >= 0.6 is 55.1 Å². The van der Waals surface area contributed by atoms with Crippen molar-refractivity contribution in [1.82, 2.24) is 28.5 Å². The van der Waals surface area contributed by atoms with E-state index in [1.165, 1.54) is 48.4 Å². The summed E-state index contributed by atoms with van der Waals surface area (Å²) in [5, 5.41) is 12.6. The van der Waals surface area contributed by atoms with E-state index < -0.39 is 52.0 Å². The zero-order valence-electron chi connectivity index (χ0n) is 35.7. The monoisotopic (exact) mass is 1070 g/mol. The molecule has 2 amide bonds. The quantitative estimate of drug-likeness (QED) is 0.106. The molecule has 0 unspecified atom stereocenters. The van der Waals surface area contributed by atoms with Crippen LogP contribution < -0.4 is 41.3 Å². The second-order valence-corrected chi connectivity index (χ2v) is 18.3. The number of hydrogen-bond donors (Lipinski definition) is 2. The van der Waals surface area contributed by atoms with Crippen molar-refractivity contribution >= 4 is 83.6 Å². The van der Waals surface area contributed by atoms with Gasteiger partial charge < -0.3 is 28.6 Å². The molecule has 0 spiro atoms. The Labute approximate surface area is 401 Å². The summed E-state index contributed by atoms with van der Waals surface area (Å²) in [7, 11) is 7.46. The molecule has 2 aromatic heterocycles. The van der Waals surface area contributed by atoms with Gasteiger partial charge in [0, 0.05) is 47.6 Å². The van der Waals surface area contributed by atoms with E-state index in [0.717, 1.165) is 9.58 Å². The number of aromatic nitrogens is 5. The fourth-order valence-electron chi connectivity index (χ4n) is 9.76. The van der Waals surface area contributed by atoms with Crippen molar-refractivity contribution in [3.8, 4) is 28.7 Å². The molecule has 1 aliphatic carbocycles. The zero-order valence-corrected chi connectivity index (χ0v) is 40.4. The SMILES string of the molecule is COc1ccc([C@@]23C(=O)N(Nc4ccc(Cl)cc4Cl)C(=O)[C@@H]2C[C@@H]2C(=CCn4c(=O)n(CCc5nc6cc(OC)c(OC)cc6n(C)c5=O)c(=O)n42)[C@@H]3c2cc(OC)c(O)c(Br)c2Br)cc1. The number of aryl methyl sites for hydroxylation is 2. The Morgan fingerprint density at radius 1 is 0.864 bits per heavy atom. The number of carbonyl (C=O) groups is 2. The molecule has 2 N–H and O–H groups in total. The molecule has 17 nitrogen and oxygen atoms in total. The van der Waals surface area contributed by atoms with Gasteiger partial charge >= 0.3 is 11.4 Å². The maximum Gasteiger partial charge on any atom is 0.347 e. The summed E-state index contributed by atoms with van der Waals surface area (Å²) >= 11 is 20.0. The highest BCUT2D eigenvalue weighted by Gasteiger charge is 2.69. The molecule has 4 atom stereocenters. The van der Waals surface area contributed by atoms with Gasteiger partial charge in [-0.2, -0.15) is 5.01 Å². The molecular weight excluding hydrogens is 1030 g/mol. The lowest BCUT2D eigenvalue weighted by atomic mass is 9.53. The van der Waals surface area contributed by atoms with E-state index in [4.69, 9.17) is 42.1 Å². The molecule has 9 rings (SSSR count). The third-order valence-electron chi connectivity index (χ3n) is 12.8.